The van der Waals surface area contributed by atoms with Gasteiger partial charge in [-0.2, -0.15) is 0 Å². The van der Waals surface area contributed by atoms with Crippen molar-refractivity contribution in [1.82, 2.24) is 10.6 Å². The maximum absolute atomic E-state index is 12.1. The third-order valence-electron chi connectivity index (χ3n) is 3.41. The third kappa shape index (κ3) is 6.73. The van der Waals surface area contributed by atoms with E-state index in [1.807, 2.05) is 30.3 Å². The number of ether oxygens (including phenoxy) is 1. The van der Waals surface area contributed by atoms with Crippen LogP contribution in [0.4, 0.5) is 4.79 Å². The molecule has 0 aliphatic heterocycles. The standard InChI is InChI=1S/C18H20ClN3O3/c19-14-6-8-15(9-7-14)25-11-10-21-17(23)12-16(22-18(20)24)13-4-2-1-3-5-13/h1-9,16H,10-12H2,(H,21,23)(H3,20,22,24)/t16-/m0/s1. The van der Waals surface area contributed by atoms with Crippen LogP contribution in [0.25, 0.3) is 0 Å². The Kier molecular flexibility index (Phi) is 7.10. The molecule has 0 fully saturated rings. The zero-order chi connectivity index (χ0) is 18.1. The second-order valence-corrected chi connectivity index (χ2v) is 5.76. The molecule has 0 aliphatic rings. The number of carbonyl (C=O) groups excluding carboxylic acids is 2. The molecule has 132 valence electrons. The number of benzene rings is 2. The largest absolute Gasteiger partial charge is 0.492 e. The number of nitrogens with one attached hydrogen (secondary N) is 2. The summed E-state index contributed by atoms with van der Waals surface area (Å²) in [6, 6.07) is 15.0. The fraction of sp³-hybridized carbons (Fsp3) is 0.222. The molecule has 0 spiro atoms. The molecule has 2 aromatic rings. The first-order valence-electron chi connectivity index (χ1n) is 7.80. The molecule has 6 nitrogen and oxygen atoms in total. The van der Waals surface area contributed by atoms with Gasteiger partial charge in [-0.15, -0.1) is 0 Å². The van der Waals surface area contributed by atoms with Crippen LogP contribution in [0.15, 0.2) is 54.6 Å². The van der Waals surface area contributed by atoms with Gasteiger partial charge in [-0.3, -0.25) is 4.79 Å². The number of urea groups is 1. The molecular weight excluding hydrogens is 342 g/mol. The lowest BCUT2D eigenvalue weighted by molar-refractivity contribution is -0.121. The highest BCUT2D eigenvalue weighted by molar-refractivity contribution is 6.30. The second-order valence-electron chi connectivity index (χ2n) is 5.33. The summed E-state index contributed by atoms with van der Waals surface area (Å²) in [5.74, 6) is 0.471. The topological polar surface area (TPSA) is 93.5 Å². The van der Waals surface area contributed by atoms with Crippen LogP contribution in [0.2, 0.25) is 5.02 Å². The number of nitrogens with two attached hydrogens (primary N) is 1. The minimum atomic E-state index is -0.673. The van der Waals surface area contributed by atoms with Gasteiger partial charge in [-0.1, -0.05) is 41.9 Å². The fourth-order valence-electron chi connectivity index (χ4n) is 2.26. The molecule has 0 aliphatic carbocycles. The Morgan fingerprint density at radius 2 is 1.76 bits per heavy atom. The van der Waals surface area contributed by atoms with Crippen molar-refractivity contribution in [2.75, 3.05) is 13.2 Å². The van der Waals surface area contributed by atoms with E-state index in [0.29, 0.717) is 23.9 Å². The first kappa shape index (κ1) is 18.6. The Bertz CT molecular complexity index is 692. The Morgan fingerprint density at radius 3 is 2.40 bits per heavy atom. The van der Waals surface area contributed by atoms with Gasteiger partial charge in [-0.05, 0) is 29.8 Å². The number of carbonyl (C=O) groups is 2. The number of rotatable bonds is 8. The number of amides is 3. The van der Waals surface area contributed by atoms with Gasteiger partial charge in [-0.25, -0.2) is 4.79 Å². The highest BCUT2D eigenvalue weighted by Crippen LogP contribution is 2.16. The summed E-state index contributed by atoms with van der Waals surface area (Å²) in [7, 11) is 0. The van der Waals surface area contributed by atoms with Crippen molar-refractivity contribution in [1.29, 1.82) is 0 Å². The van der Waals surface area contributed by atoms with Gasteiger partial charge < -0.3 is 21.1 Å². The Balaban J connectivity index is 1.78. The number of halogens is 1. The minimum absolute atomic E-state index is 0.0912. The van der Waals surface area contributed by atoms with Crippen LogP contribution in [0.3, 0.4) is 0 Å². The molecule has 2 aromatic carbocycles. The lowest BCUT2D eigenvalue weighted by Gasteiger charge is -2.17. The molecule has 7 heteroatoms. The molecule has 2 rings (SSSR count). The van der Waals surface area contributed by atoms with Crippen molar-refractivity contribution in [3.63, 3.8) is 0 Å². The highest BCUT2D eigenvalue weighted by atomic mass is 35.5. The van der Waals surface area contributed by atoms with E-state index in [0.717, 1.165) is 5.56 Å². The monoisotopic (exact) mass is 361 g/mol. The molecule has 0 aromatic heterocycles. The predicted molar refractivity (Wildman–Crippen MR) is 96.5 cm³/mol. The zero-order valence-corrected chi connectivity index (χ0v) is 14.3. The summed E-state index contributed by atoms with van der Waals surface area (Å²) in [6.07, 6.45) is 0.0912. The summed E-state index contributed by atoms with van der Waals surface area (Å²) in [4.78, 5) is 23.2. The molecule has 0 bridgehead atoms. The molecule has 0 radical (unpaired) electrons. The summed E-state index contributed by atoms with van der Waals surface area (Å²) >= 11 is 5.80. The highest BCUT2D eigenvalue weighted by Gasteiger charge is 2.16. The van der Waals surface area contributed by atoms with Crippen molar-refractivity contribution in [2.24, 2.45) is 5.73 Å². The van der Waals surface area contributed by atoms with Gasteiger partial charge in [0.15, 0.2) is 0 Å². The SMILES string of the molecule is NC(=O)N[C@@H](CC(=O)NCCOc1ccc(Cl)cc1)c1ccccc1. The Hall–Kier alpha value is -2.73. The average Bonchev–Trinajstić information content (AvgIpc) is 2.60. The van der Waals surface area contributed by atoms with Crippen LogP contribution < -0.4 is 21.1 Å². The van der Waals surface area contributed by atoms with Crippen LogP contribution in [-0.2, 0) is 4.79 Å². The van der Waals surface area contributed by atoms with Gasteiger partial charge in [0.2, 0.25) is 5.91 Å². The summed E-state index contributed by atoms with van der Waals surface area (Å²) < 4.78 is 5.50. The maximum Gasteiger partial charge on any atom is 0.312 e. The predicted octanol–water partition coefficient (Wildman–Crippen LogP) is 2.63. The maximum atomic E-state index is 12.1. The first-order valence-corrected chi connectivity index (χ1v) is 8.18. The summed E-state index contributed by atoms with van der Waals surface area (Å²) in [5.41, 5.74) is 6.01. The second kappa shape index (κ2) is 9.54. The molecule has 0 saturated heterocycles. The minimum Gasteiger partial charge on any atom is -0.492 e. The number of hydrogen-bond donors (Lipinski definition) is 3. The van der Waals surface area contributed by atoms with Crippen molar-refractivity contribution < 1.29 is 14.3 Å². The van der Waals surface area contributed by atoms with Crippen molar-refractivity contribution in [3.8, 4) is 5.75 Å². The molecule has 0 saturated carbocycles. The van der Waals surface area contributed by atoms with Crippen molar-refractivity contribution in [3.05, 3.63) is 65.2 Å². The van der Waals surface area contributed by atoms with Crippen LogP contribution in [0.1, 0.15) is 18.0 Å². The average molecular weight is 362 g/mol. The van der Waals surface area contributed by atoms with E-state index in [9.17, 15) is 9.59 Å². The van der Waals surface area contributed by atoms with E-state index >= 15 is 0 Å². The number of primary amides is 1. The van der Waals surface area contributed by atoms with Gasteiger partial charge in [0.25, 0.3) is 0 Å². The molecule has 3 amide bonds. The normalized spacial score (nSPS) is 11.4. The van der Waals surface area contributed by atoms with Crippen molar-refractivity contribution in [2.45, 2.75) is 12.5 Å². The van der Waals surface area contributed by atoms with Crippen LogP contribution in [0, 0.1) is 0 Å². The van der Waals surface area contributed by atoms with Gasteiger partial charge >= 0.3 is 6.03 Å². The smallest absolute Gasteiger partial charge is 0.312 e. The Morgan fingerprint density at radius 1 is 1.08 bits per heavy atom. The lowest BCUT2D eigenvalue weighted by Crippen LogP contribution is -2.37. The fourth-order valence-corrected chi connectivity index (χ4v) is 2.38. The van der Waals surface area contributed by atoms with E-state index in [-0.39, 0.29) is 12.3 Å². The third-order valence-corrected chi connectivity index (χ3v) is 3.67. The summed E-state index contributed by atoms with van der Waals surface area (Å²) in [6.45, 7) is 0.673. The Labute approximate surface area is 151 Å². The van der Waals surface area contributed by atoms with E-state index in [1.165, 1.54) is 0 Å². The quantitative estimate of drug-likeness (QED) is 0.631. The van der Waals surface area contributed by atoms with Gasteiger partial charge in [0.1, 0.15) is 12.4 Å². The zero-order valence-electron chi connectivity index (χ0n) is 13.6. The van der Waals surface area contributed by atoms with Gasteiger partial charge in [0.05, 0.1) is 19.0 Å². The van der Waals surface area contributed by atoms with E-state index < -0.39 is 12.1 Å². The van der Waals surface area contributed by atoms with Crippen molar-refractivity contribution >= 4 is 23.5 Å². The number of hydrogen-bond acceptors (Lipinski definition) is 3. The van der Waals surface area contributed by atoms with E-state index in [4.69, 9.17) is 22.1 Å². The van der Waals surface area contributed by atoms with Crippen LogP contribution >= 0.6 is 11.6 Å². The van der Waals surface area contributed by atoms with E-state index in [2.05, 4.69) is 10.6 Å². The van der Waals surface area contributed by atoms with Crippen LogP contribution in [-0.4, -0.2) is 25.1 Å². The molecule has 1 atom stereocenters. The van der Waals surface area contributed by atoms with E-state index in [1.54, 1.807) is 24.3 Å². The molecule has 0 unspecified atom stereocenters. The first-order chi connectivity index (χ1) is 12.0. The van der Waals surface area contributed by atoms with Crippen LogP contribution in [0.5, 0.6) is 5.75 Å². The lowest BCUT2D eigenvalue weighted by atomic mass is 10.0. The summed E-state index contributed by atoms with van der Waals surface area (Å²) in [5, 5.41) is 5.97. The molecule has 25 heavy (non-hydrogen) atoms. The van der Waals surface area contributed by atoms with Gasteiger partial charge in [0, 0.05) is 5.02 Å². The molecular formula is C18H20ClN3O3. The molecule has 4 N–H and O–H groups in total. The molecule has 0 heterocycles.